The molecule has 0 saturated carbocycles. The second-order valence-corrected chi connectivity index (χ2v) is 4.15. The zero-order valence-corrected chi connectivity index (χ0v) is 11.5. The Hall–Kier alpha value is -2.44. The zero-order valence-electron chi connectivity index (χ0n) is 11.5. The maximum absolute atomic E-state index is 11.5. The molecular weight excluding hydrogens is 262 g/mol. The fraction of sp³-hybridized carbons (Fsp3) is 0.385. The first-order valence-electron chi connectivity index (χ1n) is 6.22. The lowest BCUT2D eigenvalue weighted by atomic mass is 10.2. The number of hydrazone groups is 1. The molecule has 1 N–H and O–H groups in total. The monoisotopic (exact) mass is 279 g/mol. The van der Waals surface area contributed by atoms with Gasteiger partial charge in [-0.15, -0.1) is 0 Å². The summed E-state index contributed by atoms with van der Waals surface area (Å²) in [5, 5.41) is 14.6. The Morgan fingerprint density at radius 2 is 2.15 bits per heavy atom. The van der Waals surface area contributed by atoms with Crippen LogP contribution in [0.15, 0.2) is 29.4 Å². The van der Waals surface area contributed by atoms with Gasteiger partial charge in [0.25, 0.3) is 5.91 Å². The summed E-state index contributed by atoms with van der Waals surface area (Å²) in [4.78, 5) is 21.7. The Morgan fingerprint density at radius 1 is 1.45 bits per heavy atom. The van der Waals surface area contributed by atoms with E-state index in [1.807, 2.05) is 13.8 Å². The Morgan fingerprint density at radius 3 is 2.80 bits per heavy atom. The summed E-state index contributed by atoms with van der Waals surface area (Å²) in [5.74, 6) is -0.402. The summed E-state index contributed by atoms with van der Waals surface area (Å²) < 4.78 is 5.13. The van der Waals surface area contributed by atoms with Crippen LogP contribution in [0.25, 0.3) is 0 Å². The Bertz CT molecular complexity index is 514. The molecular formula is C13H17N3O4. The Balaban J connectivity index is 2.53. The number of ether oxygens (including phenoxy) is 1. The number of para-hydroxylation sites is 2. The summed E-state index contributed by atoms with van der Waals surface area (Å²) in [7, 11) is 0. The van der Waals surface area contributed by atoms with Crippen LogP contribution in [0.3, 0.4) is 0 Å². The zero-order chi connectivity index (χ0) is 15.0. The molecule has 1 aromatic rings. The molecule has 0 fully saturated rings. The van der Waals surface area contributed by atoms with E-state index in [-0.39, 0.29) is 18.0 Å². The van der Waals surface area contributed by atoms with E-state index in [4.69, 9.17) is 4.74 Å². The number of nitro benzene ring substituents is 1. The molecule has 0 aromatic heterocycles. The average molecular weight is 279 g/mol. The van der Waals surface area contributed by atoms with Gasteiger partial charge in [0.1, 0.15) is 0 Å². The number of hydrogen-bond donors (Lipinski definition) is 1. The summed E-state index contributed by atoms with van der Waals surface area (Å²) in [5.41, 5.74) is 2.98. The van der Waals surface area contributed by atoms with Gasteiger partial charge in [0.15, 0.2) is 12.4 Å². The summed E-state index contributed by atoms with van der Waals surface area (Å²) in [6.07, 6.45) is 1.74. The molecule has 0 aliphatic rings. The van der Waals surface area contributed by atoms with Crippen LogP contribution < -0.4 is 10.2 Å². The maximum atomic E-state index is 11.5. The minimum atomic E-state index is -0.559. The third-order valence-electron chi connectivity index (χ3n) is 2.40. The normalized spacial score (nSPS) is 11.0. The lowest BCUT2D eigenvalue weighted by Gasteiger charge is -2.05. The molecule has 1 rings (SSSR count). The minimum absolute atomic E-state index is 0.0573. The number of nitro groups is 1. The van der Waals surface area contributed by atoms with Crippen LogP contribution in [0.2, 0.25) is 0 Å². The minimum Gasteiger partial charge on any atom is -0.477 e. The first-order chi connectivity index (χ1) is 9.54. The number of nitrogens with one attached hydrogen (secondary N) is 1. The van der Waals surface area contributed by atoms with E-state index in [9.17, 15) is 14.9 Å². The van der Waals surface area contributed by atoms with Gasteiger partial charge in [-0.25, -0.2) is 5.43 Å². The van der Waals surface area contributed by atoms with E-state index in [1.54, 1.807) is 6.07 Å². The molecule has 7 heteroatoms. The van der Waals surface area contributed by atoms with Crippen molar-refractivity contribution in [3.63, 3.8) is 0 Å². The highest BCUT2D eigenvalue weighted by Crippen LogP contribution is 2.25. The Kier molecular flexibility index (Phi) is 6.15. The van der Waals surface area contributed by atoms with Gasteiger partial charge in [-0.05, 0) is 19.4 Å². The molecule has 0 atom stereocenters. The van der Waals surface area contributed by atoms with Crippen LogP contribution in [0.4, 0.5) is 5.69 Å². The van der Waals surface area contributed by atoms with E-state index in [0.29, 0.717) is 0 Å². The average Bonchev–Trinajstić information content (AvgIpc) is 2.43. The molecule has 0 spiro atoms. The number of rotatable bonds is 7. The van der Waals surface area contributed by atoms with Crippen molar-refractivity contribution in [1.82, 2.24) is 5.43 Å². The summed E-state index contributed by atoms with van der Waals surface area (Å²) in [6, 6.07) is 5.89. The SMILES string of the molecule is CCC/C(C)=N\NC(=O)COc1ccccc1[N+](=O)[O-]. The molecule has 0 heterocycles. The van der Waals surface area contributed by atoms with Crippen molar-refractivity contribution in [1.29, 1.82) is 0 Å². The molecule has 7 nitrogen and oxygen atoms in total. The summed E-state index contributed by atoms with van der Waals surface area (Å²) in [6.45, 7) is 3.50. The van der Waals surface area contributed by atoms with E-state index in [2.05, 4.69) is 10.5 Å². The predicted molar refractivity (Wildman–Crippen MR) is 74.8 cm³/mol. The molecule has 0 bridgehead atoms. The molecule has 0 aliphatic carbocycles. The highest BCUT2D eigenvalue weighted by atomic mass is 16.6. The van der Waals surface area contributed by atoms with Gasteiger partial charge in [-0.3, -0.25) is 14.9 Å². The van der Waals surface area contributed by atoms with Crippen molar-refractivity contribution in [2.75, 3.05) is 6.61 Å². The van der Waals surface area contributed by atoms with Crippen LogP contribution in [0, 0.1) is 10.1 Å². The van der Waals surface area contributed by atoms with Gasteiger partial charge in [0, 0.05) is 11.8 Å². The molecule has 1 aromatic carbocycles. The van der Waals surface area contributed by atoms with Gasteiger partial charge in [0.05, 0.1) is 4.92 Å². The second-order valence-electron chi connectivity index (χ2n) is 4.15. The number of carbonyl (C=O) groups excluding carboxylic acids is 1. The number of amides is 1. The van der Waals surface area contributed by atoms with Crippen molar-refractivity contribution in [3.05, 3.63) is 34.4 Å². The smallest absolute Gasteiger partial charge is 0.310 e. The molecule has 1 amide bonds. The molecule has 0 unspecified atom stereocenters. The molecule has 0 aliphatic heterocycles. The highest BCUT2D eigenvalue weighted by Gasteiger charge is 2.14. The standard InChI is InChI=1S/C13H17N3O4/c1-3-6-10(2)14-15-13(17)9-20-12-8-5-4-7-11(12)16(18)19/h4-5,7-8H,3,6,9H2,1-2H3,(H,15,17)/b14-10-. The van der Waals surface area contributed by atoms with Crippen molar-refractivity contribution in [3.8, 4) is 5.75 Å². The Labute approximate surface area is 116 Å². The van der Waals surface area contributed by atoms with E-state index in [0.717, 1.165) is 18.6 Å². The van der Waals surface area contributed by atoms with E-state index < -0.39 is 10.8 Å². The van der Waals surface area contributed by atoms with Gasteiger partial charge in [-0.2, -0.15) is 5.10 Å². The largest absolute Gasteiger partial charge is 0.477 e. The fourth-order valence-corrected chi connectivity index (χ4v) is 1.48. The number of carbonyl (C=O) groups is 1. The number of nitrogens with zero attached hydrogens (tertiary/aromatic N) is 2. The fourth-order valence-electron chi connectivity index (χ4n) is 1.48. The molecule has 108 valence electrons. The van der Waals surface area contributed by atoms with Crippen molar-refractivity contribution >= 4 is 17.3 Å². The van der Waals surface area contributed by atoms with Crippen molar-refractivity contribution in [2.45, 2.75) is 26.7 Å². The van der Waals surface area contributed by atoms with Crippen molar-refractivity contribution < 1.29 is 14.5 Å². The van der Waals surface area contributed by atoms with Gasteiger partial charge in [0.2, 0.25) is 0 Å². The number of hydrogen-bond acceptors (Lipinski definition) is 5. The molecule has 0 saturated heterocycles. The molecule has 20 heavy (non-hydrogen) atoms. The second kappa shape index (κ2) is 7.88. The lowest BCUT2D eigenvalue weighted by molar-refractivity contribution is -0.385. The first-order valence-corrected chi connectivity index (χ1v) is 6.22. The molecule has 0 radical (unpaired) electrons. The van der Waals surface area contributed by atoms with Gasteiger partial charge < -0.3 is 4.74 Å². The lowest BCUT2D eigenvalue weighted by Crippen LogP contribution is -2.25. The van der Waals surface area contributed by atoms with Crippen LogP contribution >= 0.6 is 0 Å². The van der Waals surface area contributed by atoms with Crippen LogP contribution in [-0.2, 0) is 4.79 Å². The maximum Gasteiger partial charge on any atom is 0.310 e. The third-order valence-corrected chi connectivity index (χ3v) is 2.40. The predicted octanol–water partition coefficient (Wildman–Crippen LogP) is 2.27. The topological polar surface area (TPSA) is 93.8 Å². The highest BCUT2D eigenvalue weighted by molar-refractivity contribution is 5.84. The summed E-state index contributed by atoms with van der Waals surface area (Å²) >= 11 is 0. The third kappa shape index (κ3) is 5.05. The van der Waals surface area contributed by atoms with Crippen LogP contribution in [-0.4, -0.2) is 23.1 Å². The van der Waals surface area contributed by atoms with Crippen LogP contribution in [0.5, 0.6) is 5.75 Å². The van der Waals surface area contributed by atoms with Gasteiger partial charge >= 0.3 is 5.69 Å². The number of benzene rings is 1. The van der Waals surface area contributed by atoms with Gasteiger partial charge in [-0.1, -0.05) is 25.5 Å². The van der Waals surface area contributed by atoms with E-state index >= 15 is 0 Å². The quantitative estimate of drug-likeness (QED) is 0.470. The van der Waals surface area contributed by atoms with E-state index in [1.165, 1.54) is 18.2 Å². The first kappa shape index (κ1) is 15.6. The van der Waals surface area contributed by atoms with Crippen LogP contribution in [0.1, 0.15) is 26.7 Å². The van der Waals surface area contributed by atoms with Crippen molar-refractivity contribution in [2.24, 2.45) is 5.10 Å².